The van der Waals surface area contributed by atoms with Crippen molar-refractivity contribution in [3.05, 3.63) is 46.0 Å². The van der Waals surface area contributed by atoms with Crippen LogP contribution in [0.25, 0.3) is 0 Å². The van der Waals surface area contributed by atoms with Crippen LogP contribution < -0.4 is 0 Å². The highest BCUT2D eigenvalue weighted by atomic mass is 79.9. The van der Waals surface area contributed by atoms with Crippen LogP contribution in [0.3, 0.4) is 0 Å². The molecule has 1 heterocycles. The van der Waals surface area contributed by atoms with Gasteiger partial charge in [0.2, 0.25) is 0 Å². The van der Waals surface area contributed by atoms with Crippen LogP contribution in [0.1, 0.15) is 5.56 Å². The summed E-state index contributed by atoms with van der Waals surface area (Å²) in [6, 6.07) is 8.05. The first-order valence-corrected chi connectivity index (χ1v) is 5.14. The van der Waals surface area contributed by atoms with Crippen molar-refractivity contribution in [2.24, 2.45) is 0 Å². The molecule has 72 valence electrons. The maximum Gasteiger partial charge on any atom is 0.331 e. The fraction of sp³-hybridized carbons (Fsp3) is 0.182. The van der Waals surface area contributed by atoms with E-state index < -0.39 is 0 Å². The average molecular weight is 253 g/mol. The highest BCUT2D eigenvalue weighted by molar-refractivity contribution is 9.10. The van der Waals surface area contributed by atoms with Gasteiger partial charge in [-0.05, 0) is 29.7 Å². The van der Waals surface area contributed by atoms with Crippen molar-refractivity contribution in [1.29, 1.82) is 0 Å². The van der Waals surface area contributed by atoms with Gasteiger partial charge in [0.1, 0.15) is 6.61 Å². The Hall–Kier alpha value is -1.09. The zero-order valence-electron chi connectivity index (χ0n) is 7.50. The Morgan fingerprint density at radius 2 is 2.29 bits per heavy atom. The van der Waals surface area contributed by atoms with E-state index in [1.54, 1.807) is 6.08 Å². The van der Waals surface area contributed by atoms with Crippen molar-refractivity contribution >= 4 is 21.9 Å². The second-order valence-corrected chi connectivity index (χ2v) is 4.13. The zero-order valence-corrected chi connectivity index (χ0v) is 9.08. The van der Waals surface area contributed by atoms with E-state index >= 15 is 0 Å². The minimum atomic E-state index is -0.227. The number of ether oxygens (including phenoxy) is 1. The first-order chi connectivity index (χ1) is 6.74. The molecule has 0 aromatic heterocycles. The SMILES string of the molecule is O=C1C=C(Cc2cccc(Br)c2)CO1. The van der Waals surface area contributed by atoms with Crippen LogP contribution >= 0.6 is 15.9 Å². The molecule has 0 saturated heterocycles. The molecule has 1 aromatic rings. The minimum absolute atomic E-state index is 0.227. The lowest BCUT2D eigenvalue weighted by Crippen LogP contribution is -1.94. The van der Waals surface area contributed by atoms with E-state index in [9.17, 15) is 4.79 Å². The zero-order chi connectivity index (χ0) is 9.97. The number of benzene rings is 1. The predicted molar refractivity (Wildman–Crippen MR) is 56.9 cm³/mol. The largest absolute Gasteiger partial charge is 0.458 e. The summed E-state index contributed by atoms with van der Waals surface area (Å²) < 4.78 is 5.88. The van der Waals surface area contributed by atoms with Crippen LogP contribution in [0.4, 0.5) is 0 Å². The summed E-state index contributed by atoms with van der Waals surface area (Å²) in [6.45, 7) is 0.436. The number of cyclic esters (lactones) is 1. The second-order valence-electron chi connectivity index (χ2n) is 3.22. The molecule has 0 radical (unpaired) electrons. The molecule has 0 aliphatic carbocycles. The molecule has 0 amide bonds. The van der Waals surface area contributed by atoms with Gasteiger partial charge in [-0.25, -0.2) is 4.79 Å². The lowest BCUT2D eigenvalue weighted by molar-refractivity contribution is -0.134. The molecular formula is C11H9BrO2. The Morgan fingerprint density at radius 3 is 2.93 bits per heavy atom. The normalized spacial score (nSPS) is 15.2. The molecule has 0 atom stereocenters. The molecule has 3 heteroatoms. The fourth-order valence-electron chi connectivity index (χ4n) is 1.43. The van der Waals surface area contributed by atoms with E-state index in [1.165, 1.54) is 5.56 Å². The van der Waals surface area contributed by atoms with Crippen LogP contribution in [0.5, 0.6) is 0 Å². The quantitative estimate of drug-likeness (QED) is 0.757. The third-order valence-electron chi connectivity index (χ3n) is 2.04. The van der Waals surface area contributed by atoms with E-state index in [2.05, 4.69) is 15.9 Å². The lowest BCUT2D eigenvalue weighted by atomic mass is 10.1. The molecule has 0 saturated carbocycles. The molecule has 0 fully saturated rings. The summed E-state index contributed by atoms with van der Waals surface area (Å²) in [5.74, 6) is -0.227. The number of esters is 1. The third kappa shape index (κ3) is 2.23. The van der Waals surface area contributed by atoms with Crippen molar-refractivity contribution in [2.75, 3.05) is 6.61 Å². The van der Waals surface area contributed by atoms with Crippen molar-refractivity contribution in [3.8, 4) is 0 Å². The van der Waals surface area contributed by atoms with E-state index in [-0.39, 0.29) is 5.97 Å². The van der Waals surface area contributed by atoms with Crippen LogP contribution in [0.15, 0.2) is 40.4 Å². The van der Waals surface area contributed by atoms with Crippen molar-refractivity contribution in [1.82, 2.24) is 0 Å². The van der Waals surface area contributed by atoms with Gasteiger partial charge in [-0.1, -0.05) is 28.1 Å². The lowest BCUT2D eigenvalue weighted by Gasteiger charge is -2.01. The van der Waals surface area contributed by atoms with E-state index in [0.29, 0.717) is 6.61 Å². The fourth-order valence-corrected chi connectivity index (χ4v) is 1.87. The number of carbonyl (C=O) groups excluding carboxylic acids is 1. The van der Waals surface area contributed by atoms with E-state index in [1.807, 2.05) is 24.3 Å². The molecule has 1 aromatic carbocycles. The van der Waals surface area contributed by atoms with Crippen molar-refractivity contribution < 1.29 is 9.53 Å². The first kappa shape index (κ1) is 9.46. The number of hydrogen-bond acceptors (Lipinski definition) is 2. The minimum Gasteiger partial charge on any atom is -0.458 e. The summed E-state index contributed by atoms with van der Waals surface area (Å²) in [7, 11) is 0. The summed E-state index contributed by atoms with van der Waals surface area (Å²) in [5.41, 5.74) is 2.22. The number of carbonyl (C=O) groups is 1. The molecular weight excluding hydrogens is 244 g/mol. The molecule has 0 N–H and O–H groups in total. The van der Waals surface area contributed by atoms with Crippen molar-refractivity contribution in [2.45, 2.75) is 6.42 Å². The summed E-state index contributed by atoms with van der Waals surface area (Å²) in [6.07, 6.45) is 2.35. The molecule has 1 aliphatic rings. The summed E-state index contributed by atoms with van der Waals surface area (Å²) in [4.78, 5) is 10.8. The van der Waals surface area contributed by atoms with Gasteiger partial charge in [0.15, 0.2) is 0 Å². The molecule has 0 spiro atoms. The first-order valence-electron chi connectivity index (χ1n) is 4.35. The number of hydrogen-bond donors (Lipinski definition) is 0. The van der Waals surface area contributed by atoms with Gasteiger partial charge in [-0.2, -0.15) is 0 Å². The highest BCUT2D eigenvalue weighted by Crippen LogP contribution is 2.17. The molecule has 0 bridgehead atoms. The predicted octanol–water partition coefficient (Wildman–Crippen LogP) is 2.47. The van der Waals surface area contributed by atoms with Gasteiger partial charge in [0, 0.05) is 10.5 Å². The van der Waals surface area contributed by atoms with Gasteiger partial charge in [0.05, 0.1) is 0 Å². The Bertz CT molecular complexity index is 396. The Morgan fingerprint density at radius 1 is 1.43 bits per heavy atom. The molecule has 0 unspecified atom stereocenters. The molecule has 14 heavy (non-hydrogen) atoms. The Balaban J connectivity index is 2.11. The molecule has 1 aliphatic heterocycles. The molecule has 2 nitrogen and oxygen atoms in total. The standard InChI is InChI=1S/C11H9BrO2/c12-10-3-1-2-8(5-10)4-9-6-11(13)14-7-9/h1-3,5-6H,4,7H2. The van der Waals surface area contributed by atoms with Gasteiger partial charge in [-0.3, -0.25) is 0 Å². The van der Waals surface area contributed by atoms with E-state index in [4.69, 9.17) is 4.74 Å². The van der Waals surface area contributed by atoms with Crippen LogP contribution in [0.2, 0.25) is 0 Å². The van der Waals surface area contributed by atoms with Gasteiger partial charge < -0.3 is 4.74 Å². The molecule has 2 rings (SSSR count). The second kappa shape index (κ2) is 3.96. The van der Waals surface area contributed by atoms with Crippen LogP contribution in [-0.4, -0.2) is 12.6 Å². The number of rotatable bonds is 2. The van der Waals surface area contributed by atoms with Crippen LogP contribution in [0, 0.1) is 0 Å². The Kier molecular flexibility index (Phi) is 2.68. The Labute approximate surface area is 90.7 Å². The smallest absolute Gasteiger partial charge is 0.331 e. The monoisotopic (exact) mass is 252 g/mol. The third-order valence-corrected chi connectivity index (χ3v) is 2.54. The van der Waals surface area contributed by atoms with Crippen molar-refractivity contribution in [3.63, 3.8) is 0 Å². The number of halogens is 1. The highest BCUT2D eigenvalue weighted by Gasteiger charge is 2.12. The average Bonchev–Trinajstić information content (AvgIpc) is 2.51. The topological polar surface area (TPSA) is 26.3 Å². The van der Waals surface area contributed by atoms with Gasteiger partial charge in [0.25, 0.3) is 0 Å². The van der Waals surface area contributed by atoms with Crippen LogP contribution in [-0.2, 0) is 16.0 Å². The van der Waals surface area contributed by atoms with E-state index in [0.717, 1.165) is 16.5 Å². The maximum absolute atomic E-state index is 10.8. The van der Waals surface area contributed by atoms with Gasteiger partial charge in [-0.15, -0.1) is 0 Å². The summed E-state index contributed by atoms with van der Waals surface area (Å²) in [5, 5.41) is 0. The maximum atomic E-state index is 10.8. The van der Waals surface area contributed by atoms with Gasteiger partial charge >= 0.3 is 5.97 Å². The summed E-state index contributed by atoms with van der Waals surface area (Å²) >= 11 is 3.41.